The summed E-state index contributed by atoms with van der Waals surface area (Å²) in [5, 5.41) is 0. The van der Waals surface area contributed by atoms with Gasteiger partial charge in [0.25, 0.3) is 0 Å². The van der Waals surface area contributed by atoms with E-state index in [1.54, 1.807) is 11.1 Å². The number of allylic oxidation sites excluding steroid dienone is 4. The SMILES string of the molecule is [CH2]=[Zr]([CH2]C(C)C)([CH2]C(C)C)([CH]1C=CC=C1)[CH]1c2cc(-c3cc(C)cc(C)c3)c(C(C)(C)C)cc2-c2cc(C(C)(C)C)c(-c3cc(C)cc(C)c3)cc21. The van der Waals surface area contributed by atoms with Crippen molar-refractivity contribution in [3.63, 3.8) is 0 Å². The van der Waals surface area contributed by atoms with Crippen LogP contribution in [0.5, 0.6) is 0 Å². The fourth-order valence-electron chi connectivity index (χ4n) is 11.0. The van der Waals surface area contributed by atoms with Crippen LogP contribution in [0, 0.1) is 39.5 Å². The van der Waals surface area contributed by atoms with E-state index in [1.807, 2.05) is 0 Å². The minimum absolute atomic E-state index is 0.0263. The Morgan fingerprint density at radius 3 is 1.17 bits per heavy atom. The number of hydrogen-bond acceptors (Lipinski definition) is 0. The van der Waals surface area contributed by atoms with Crippen molar-refractivity contribution in [1.82, 2.24) is 0 Å². The summed E-state index contributed by atoms with van der Waals surface area (Å²) in [6, 6.07) is 24.9. The Labute approximate surface area is 318 Å². The topological polar surface area (TPSA) is 0 Å². The van der Waals surface area contributed by atoms with Gasteiger partial charge in [0.1, 0.15) is 0 Å². The third-order valence-corrected chi connectivity index (χ3v) is 32.2. The molecule has 0 atom stereocenters. The summed E-state index contributed by atoms with van der Waals surface area (Å²) in [5.41, 5.74) is 19.6. The zero-order chi connectivity index (χ0) is 38.2. The van der Waals surface area contributed by atoms with Crippen LogP contribution in [-0.2, 0) is 29.1 Å². The van der Waals surface area contributed by atoms with Crippen molar-refractivity contribution in [2.45, 2.75) is 123 Å². The summed E-state index contributed by atoms with van der Waals surface area (Å²) in [6.45, 7) is 33.2. The third-order valence-electron chi connectivity index (χ3n) is 12.3. The Morgan fingerprint density at radius 2 is 0.865 bits per heavy atom. The van der Waals surface area contributed by atoms with Gasteiger partial charge in [0.05, 0.1) is 0 Å². The van der Waals surface area contributed by atoms with Crippen LogP contribution in [0.1, 0.15) is 117 Å². The van der Waals surface area contributed by atoms with Crippen LogP contribution in [0.4, 0.5) is 0 Å². The van der Waals surface area contributed by atoms with E-state index in [0.29, 0.717) is 19.1 Å². The second-order valence-corrected chi connectivity index (χ2v) is 35.9. The molecule has 0 unspecified atom stereocenters. The molecular formula is C51H66Zr. The Morgan fingerprint density at radius 1 is 0.519 bits per heavy atom. The standard InChI is InChI=1S/C37H41.C5H5.2C4H9.CH2.Zr/c1-22-11-23(2)14-26(13-22)32-18-28-17-29-19-33(27-15-24(3)12-25(4)16-27)35(37(8,9)10)21-31(29)30(28)20-34(32)36(5,6)7;1-2-4-5-3-1;2*1-4(2)3;;/h11-21H,1-10H3;1-5H;2*4H,1H2,2-3H3;1H2;. The molecule has 0 radical (unpaired) electrons. The molecule has 2 aliphatic carbocycles. The number of aryl methyl sites for hydroxylation is 4. The molecule has 0 saturated carbocycles. The van der Waals surface area contributed by atoms with Gasteiger partial charge in [0.2, 0.25) is 0 Å². The van der Waals surface area contributed by atoms with Gasteiger partial charge in [-0.1, -0.05) is 0 Å². The molecule has 0 bridgehead atoms. The molecular weight excluding hydrogens is 704 g/mol. The van der Waals surface area contributed by atoms with E-state index in [0.717, 1.165) is 0 Å². The minimum atomic E-state index is -4.25. The van der Waals surface area contributed by atoms with Gasteiger partial charge >= 0.3 is 320 Å². The first-order valence-corrected chi connectivity index (χ1v) is 28.1. The van der Waals surface area contributed by atoms with E-state index in [-0.39, 0.29) is 10.8 Å². The van der Waals surface area contributed by atoms with Crippen LogP contribution in [0.3, 0.4) is 0 Å². The molecule has 0 fully saturated rings. The van der Waals surface area contributed by atoms with Gasteiger partial charge in [-0.15, -0.1) is 0 Å². The molecule has 4 aromatic rings. The van der Waals surface area contributed by atoms with Gasteiger partial charge in [0.15, 0.2) is 0 Å². The molecule has 6 rings (SSSR count). The van der Waals surface area contributed by atoms with Crippen molar-refractivity contribution in [3.05, 3.63) is 129 Å². The Kier molecular flexibility index (Phi) is 10.0. The molecule has 4 aromatic carbocycles. The normalized spacial score (nSPS) is 15.3. The maximum absolute atomic E-state index is 5.85. The fourth-order valence-corrected chi connectivity index (χ4v) is 33.6. The Hall–Kier alpha value is -2.89. The summed E-state index contributed by atoms with van der Waals surface area (Å²) in [4.78, 5) is 0. The molecule has 0 heterocycles. The molecule has 0 amide bonds. The summed E-state index contributed by atoms with van der Waals surface area (Å²) in [6.07, 6.45) is 9.77. The molecule has 274 valence electrons. The zero-order valence-corrected chi connectivity index (χ0v) is 37.5. The maximum atomic E-state index is 5.85. The molecule has 0 N–H and O–H groups in total. The van der Waals surface area contributed by atoms with Gasteiger partial charge in [-0.3, -0.25) is 0 Å². The summed E-state index contributed by atoms with van der Waals surface area (Å²) >= 11 is -4.25. The molecule has 52 heavy (non-hydrogen) atoms. The van der Waals surface area contributed by atoms with E-state index in [1.165, 1.54) is 75.0 Å². The van der Waals surface area contributed by atoms with Crippen LogP contribution >= 0.6 is 0 Å². The predicted molar refractivity (Wildman–Crippen MR) is 229 cm³/mol. The van der Waals surface area contributed by atoms with E-state index in [2.05, 4.69) is 182 Å². The second kappa shape index (κ2) is 13.4. The average Bonchev–Trinajstić information content (AvgIpc) is 3.65. The van der Waals surface area contributed by atoms with Crippen LogP contribution in [-0.4, -0.2) is 4.21 Å². The second-order valence-electron chi connectivity index (χ2n) is 20.3. The molecule has 0 nitrogen and oxygen atoms in total. The monoisotopic (exact) mass is 768 g/mol. The first-order valence-electron chi connectivity index (χ1n) is 20.0. The molecule has 2 aliphatic rings. The van der Waals surface area contributed by atoms with Gasteiger partial charge in [-0.25, -0.2) is 0 Å². The van der Waals surface area contributed by atoms with Crippen molar-refractivity contribution in [2.24, 2.45) is 11.8 Å². The van der Waals surface area contributed by atoms with Gasteiger partial charge in [0, 0.05) is 0 Å². The number of rotatable bonds is 8. The van der Waals surface area contributed by atoms with Gasteiger partial charge < -0.3 is 0 Å². The van der Waals surface area contributed by atoms with E-state index >= 15 is 0 Å². The molecule has 0 saturated heterocycles. The predicted octanol–water partition coefficient (Wildman–Crippen LogP) is 15.1. The van der Waals surface area contributed by atoms with Crippen LogP contribution < -0.4 is 0 Å². The summed E-state index contributed by atoms with van der Waals surface area (Å²) in [7, 11) is 0. The van der Waals surface area contributed by atoms with E-state index < -0.39 is 18.3 Å². The van der Waals surface area contributed by atoms with Crippen molar-refractivity contribution in [1.29, 1.82) is 0 Å². The van der Waals surface area contributed by atoms with Gasteiger partial charge in [-0.05, 0) is 0 Å². The van der Waals surface area contributed by atoms with E-state index in [4.69, 9.17) is 4.21 Å². The van der Waals surface area contributed by atoms with Gasteiger partial charge in [-0.2, -0.15) is 0 Å². The molecule has 0 aromatic heterocycles. The fraction of sp³-hybridized carbons (Fsp3) is 0.431. The van der Waals surface area contributed by atoms with Crippen molar-refractivity contribution in [2.75, 3.05) is 0 Å². The van der Waals surface area contributed by atoms with Crippen LogP contribution in [0.2, 0.25) is 11.9 Å². The number of hydrogen-bond donors (Lipinski definition) is 0. The average molecular weight is 770 g/mol. The summed E-state index contributed by atoms with van der Waals surface area (Å²) < 4.78 is 9.07. The third kappa shape index (κ3) is 6.94. The quantitative estimate of drug-likeness (QED) is 0.167. The molecule has 0 aliphatic heterocycles. The van der Waals surface area contributed by atoms with Crippen molar-refractivity contribution >= 4 is 4.21 Å². The van der Waals surface area contributed by atoms with Crippen molar-refractivity contribution in [3.8, 4) is 33.4 Å². The number of benzene rings is 4. The number of fused-ring (bicyclic) bond motifs is 3. The Bertz CT molecular complexity index is 1980. The Balaban J connectivity index is 1.83. The van der Waals surface area contributed by atoms with Crippen LogP contribution in [0.25, 0.3) is 33.4 Å². The molecule has 0 spiro atoms. The first kappa shape index (κ1) is 38.8. The van der Waals surface area contributed by atoms with E-state index in [9.17, 15) is 0 Å². The summed E-state index contributed by atoms with van der Waals surface area (Å²) in [5.74, 6) is 1.13. The van der Waals surface area contributed by atoms with Crippen LogP contribution in [0.15, 0.2) is 85.0 Å². The first-order chi connectivity index (χ1) is 24.1. The zero-order valence-electron chi connectivity index (χ0n) is 35.0. The molecule has 1 heteroatoms. The van der Waals surface area contributed by atoms with Crippen molar-refractivity contribution < 1.29 is 18.3 Å².